The molecule has 0 aliphatic carbocycles. The van der Waals surface area contributed by atoms with E-state index in [1.54, 1.807) is 30.0 Å². The zero-order valence-electron chi connectivity index (χ0n) is 12.2. The summed E-state index contributed by atoms with van der Waals surface area (Å²) in [6.07, 6.45) is 1.83. The summed E-state index contributed by atoms with van der Waals surface area (Å²) in [7, 11) is 1.61. The second-order valence-electron chi connectivity index (χ2n) is 4.94. The van der Waals surface area contributed by atoms with E-state index in [9.17, 15) is 0 Å². The summed E-state index contributed by atoms with van der Waals surface area (Å²) < 4.78 is 6.99. The highest BCUT2D eigenvalue weighted by Crippen LogP contribution is 2.28. The fourth-order valence-electron chi connectivity index (χ4n) is 2.26. The second kappa shape index (κ2) is 5.69. The third kappa shape index (κ3) is 2.63. The van der Waals surface area contributed by atoms with Crippen molar-refractivity contribution in [3.63, 3.8) is 0 Å². The van der Waals surface area contributed by atoms with Crippen LogP contribution >= 0.6 is 11.6 Å². The number of methoxy groups -OCH3 is 1. The maximum absolute atomic E-state index is 6.07. The van der Waals surface area contributed by atoms with Gasteiger partial charge >= 0.3 is 0 Å². The Labute approximate surface area is 133 Å². The Morgan fingerprint density at radius 1 is 1.18 bits per heavy atom. The number of nitrogens with zero attached hydrogens (tertiary/aromatic N) is 3. The first kappa shape index (κ1) is 14.4. The third-order valence-corrected chi connectivity index (χ3v) is 3.65. The SMILES string of the molecule is COc1ccc(N)cc1-n1cc(-c2cc(Cl)ccc2C)nn1. The van der Waals surface area contributed by atoms with E-state index in [1.165, 1.54) is 0 Å². The monoisotopic (exact) mass is 314 g/mol. The molecule has 0 fully saturated rings. The molecule has 0 atom stereocenters. The summed E-state index contributed by atoms with van der Waals surface area (Å²) in [4.78, 5) is 0. The van der Waals surface area contributed by atoms with Crippen molar-refractivity contribution in [1.29, 1.82) is 0 Å². The van der Waals surface area contributed by atoms with E-state index < -0.39 is 0 Å². The van der Waals surface area contributed by atoms with Gasteiger partial charge in [0, 0.05) is 16.3 Å². The lowest BCUT2D eigenvalue weighted by Gasteiger charge is -2.08. The number of benzene rings is 2. The molecule has 0 amide bonds. The first-order valence-corrected chi connectivity index (χ1v) is 7.09. The topological polar surface area (TPSA) is 66.0 Å². The van der Waals surface area contributed by atoms with Gasteiger partial charge in [-0.25, -0.2) is 4.68 Å². The number of anilines is 1. The minimum absolute atomic E-state index is 0.631. The number of hydrogen-bond acceptors (Lipinski definition) is 4. The second-order valence-corrected chi connectivity index (χ2v) is 5.38. The van der Waals surface area contributed by atoms with Gasteiger partial charge in [0.05, 0.1) is 13.3 Å². The number of rotatable bonds is 3. The average Bonchev–Trinajstić information content (AvgIpc) is 2.99. The molecular formula is C16H15ClN4O. The highest BCUT2D eigenvalue weighted by molar-refractivity contribution is 6.30. The van der Waals surface area contributed by atoms with Gasteiger partial charge in [0.25, 0.3) is 0 Å². The molecule has 0 saturated heterocycles. The third-order valence-electron chi connectivity index (χ3n) is 3.42. The van der Waals surface area contributed by atoms with Crippen LogP contribution in [0.4, 0.5) is 5.69 Å². The van der Waals surface area contributed by atoms with Gasteiger partial charge in [0.15, 0.2) is 0 Å². The zero-order valence-corrected chi connectivity index (χ0v) is 13.0. The van der Waals surface area contributed by atoms with Crippen LogP contribution in [-0.4, -0.2) is 22.1 Å². The van der Waals surface area contributed by atoms with Crippen molar-refractivity contribution < 1.29 is 4.74 Å². The van der Waals surface area contributed by atoms with Crippen LogP contribution in [0.25, 0.3) is 16.9 Å². The Kier molecular flexibility index (Phi) is 3.73. The van der Waals surface area contributed by atoms with E-state index in [-0.39, 0.29) is 0 Å². The zero-order chi connectivity index (χ0) is 15.7. The van der Waals surface area contributed by atoms with Crippen LogP contribution in [0.2, 0.25) is 5.02 Å². The van der Waals surface area contributed by atoms with Gasteiger partial charge in [-0.05, 0) is 42.8 Å². The number of halogens is 1. The molecule has 1 aromatic heterocycles. The van der Waals surface area contributed by atoms with E-state index in [1.807, 2.05) is 31.3 Å². The summed E-state index contributed by atoms with van der Waals surface area (Å²) in [5.74, 6) is 0.675. The Morgan fingerprint density at radius 2 is 2.00 bits per heavy atom. The summed E-state index contributed by atoms with van der Waals surface area (Å²) in [5.41, 5.74) is 9.98. The molecule has 3 rings (SSSR count). The molecule has 2 N–H and O–H groups in total. The van der Waals surface area contributed by atoms with Crippen LogP contribution < -0.4 is 10.5 Å². The molecule has 0 aliphatic rings. The number of nitrogens with two attached hydrogens (primary N) is 1. The van der Waals surface area contributed by atoms with E-state index in [4.69, 9.17) is 22.1 Å². The number of aromatic nitrogens is 3. The van der Waals surface area contributed by atoms with Crippen molar-refractivity contribution in [3.8, 4) is 22.7 Å². The number of ether oxygens (including phenoxy) is 1. The summed E-state index contributed by atoms with van der Waals surface area (Å²) in [6, 6.07) is 11.1. The fourth-order valence-corrected chi connectivity index (χ4v) is 2.43. The van der Waals surface area contributed by atoms with Crippen molar-refractivity contribution >= 4 is 17.3 Å². The first-order valence-electron chi connectivity index (χ1n) is 6.71. The van der Waals surface area contributed by atoms with Gasteiger partial charge in [0.2, 0.25) is 0 Å². The quantitative estimate of drug-likeness (QED) is 0.752. The standard InChI is InChI=1S/C16H15ClN4O/c1-10-3-4-11(17)7-13(10)14-9-21(20-19-14)15-8-12(18)5-6-16(15)22-2/h3-9H,18H2,1-2H3. The van der Waals surface area contributed by atoms with Crippen molar-refractivity contribution in [2.45, 2.75) is 6.92 Å². The van der Waals surface area contributed by atoms with E-state index in [2.05, 4.69) is 10.3 Å². The average molecular weight is 315 g/mol. The van der Waals surface area contributed by atoms with Crippen molar-refractivity contribution in [2.24, 2.45) is 0 Å². The Morgan fingerprint density at radius 3 is 2.77 bits per heavy atom. The predicted molar refractivity (Wildman–Crippen MR) is 87.5 cm³/mol. The molecule has 0 saturated carbocycles. The molecule has 0 radical (unpaired) electrons. The molecule has 0 bridgehead atoms. The smallest absolute Gasteiger partial charge is 0.144 e. The minimum Gasteiger partial charge on any atom is -0.494 e. The normalized spacial score (nSPS) is 10.7. The van der Waals surface area contributed by atoms with Gasteiger partial charge < -0.3 is 10.5 Å². The molecule has 22 heavy (non-hydrogen) atoms. The molecule has 5 nitrogen and oxygen atoms in total. The van der Waals surface area contributed by atoms with Gasteiger partial charge in [-0.1, -0.05) is 22.9 Å². The van der Waals surface area contributed by atoms with Crippen LogP contribution in [0.15, 0.2) is 42.6 Å². The van der Waals surface area contributed by atoms with Gasteiger partial charge in [-0.3, -0.25) is 0 Å². The Bertz CT molecular complexity index is 829. The number of hydrogen-bond donors (Lipinski definition) is 1. The van der Waals surface area contributed by atoms with E-state index >= 15 is 0 Å². The maximum Gasteiger partial charge on any atom is 0.144 e. The molecular weight excluding hydrogens is 300 g/mol. The first-order chi connectivity index (χ1) is 10.6. The fraction of sp³-hybridized carbons (Fsp3) is 0.125. The molecule has 3 aromatic rings. The summed E-state index contributed by atoms with van der Waals surface area (Å²) in [6.45, 7) is 2.01. The van der Waals surface area contributed by atoms with E-state index in [0.717, 1.165) is 22.5 Å². The number of nitrogen functional groups attached to an aromatic ring is 1. The van der Waals surface area contributed by atoms with Crippen LogP contribution in [0.3, 0.4) is 0 Å². The van der Waals surface area contributed by atoms with E-state index in [0.29, 0.717) is 16.5 Å². The molecule has 0 aliphatic heterocycles. The largest absolute Gasteiger partial charge is 0.494 e. The number of aryl methyl sites for hydroxylation is 1. The van der Waals surface area contributed by atoms with Crippen molar-refractivity contribution in [1.82, 2.24) is 15.0 Å². The lowest BCUT2D eigenvalue weighted by Crippen LogP contribution is -2.00. The molecule has 0 spiro atoms. The summed E-state index contributed by atoms with van der Waals surface area (Å²) >= 11 is 6.07. The highest BCUT2D eigenvalue weighted by Gasteiger charge is 2.12. The maximum atomic E-state index is 6.07. The lowest BCUT2D eigenvalue weighted by atomic mass is 10.1. The summed E-state index contributed by atoms with van der Waals surface area (Å²) in [5, 5.41) is 9.06. The van der Waals surface area contributed by atoms with Gasteiger partial charge in [0.1, 0.15) is 17.1 Å². The predicted octanol–water partition coefficient (Wildman–Crippen LogP) is 3.49. The van der Waals surface area contributed by atoms with Crippen molar-refractivity contribution in [2.75, 3.05) is 12.8 Å². The van der Waals surface area contributed by atoms with Crippen LogP contribution in [0.1, 0.15) is 5.56 Å². The minimum atomic E-state index is 0.631. The Balaban J connectivity index is 2.08. The van der Waals surface area contributed by atoms with Crippen molar-refractivity contribution in [3.05, 3.63) is 53.2 Å². The van der Waals surface area contributed by atoms with Gasteiger partial charge in [-0.15, -0.1) is 5.10 Å². The molecule has 1 heterocycles. The lowest BCUT2D eigenvalue weighted by molar-refractivity contribution is 0.411. The van der Waals surface area contributed by atoms with Crippen LogP contribution in [0, 0.1) is 6.92 Å². The Hall–Kier alpha value is -2.53. The van der Waals surface area contributed by atoms with Crippen LogP contribution in [0.5, 0.6) is 5.75 Å². The van der Waals surface area contributed by atoms with Crippen LogP contribution in [-0.2, 0) is 0 Å². The highest BCUT2D eigenvalue weighted by atomic mass is 35.5. The molecule has 112 valence electrons. The molecule has 0 unspecified atom stereocenters. The van der Waals surface area contributed by atoms with Gasteiger partial charge in [-0.2, -0.15) is 0 Å². The molecule has 6 heteroatoms. The molecule has 2 aromatic carbocycles.